The molecule has 0 saturated carbocycles. The molecule has 2 heteroatoms. The highest BCUT2D eigenvalue weighted by Crippen LogP contribution is 1.30. The number of aliphatic hydroxyl groups excluding tert-OH is 2. The van der Waals surface area contributed by atoms with E-state index in [0.717, 1.165) is 0 Å². The zero-order valence-corrected chi connectivity index (χ0v) is 4.02. The van der Waals surface area contributed by atoms with Gasteiger partial charge in [0.05, 0.1) is 0 Å². The largest absolute Gasteiger partial charge is 0.397 e. The first-order valence-electron chi connectivity index (χ1n) is 1.84. The minimum absolute atomic E-state index is 0. The van der Waals surface area contributed by atoms with Gasteiger partial charge in [0.25, 0.3) is 0 Å². The van der Waals surface area contributed by atoms with Crippen LogP contribution in [-0.2, 0) is 0 Å². The van der Waals surface area contributed by atoms with E-state index in [1.807, 2.05) is 0 Å². The van der Waals surface area contributed by atoms with Gasteiger partial charge < -0.3 is 10.2 Å². The predicted molar refractivity (Wildman–Crippen MR) is 25.2 cm³/mol. The van der Waals surface area contributed by atoms with Crippen molar-refractivity contribution >= 4 is 0 Å². The van der Waals surface area contributed by atoms with Crippen LogP contribution in [0.25, 0.3) is 0 Å². The lowest BCUT2D eigenvalue weighted by Gasteiger charge is -1.52. The summed E-state index contributed by atoms with van der Waals surface area (Å²) in [5.74, 6) is 0. The van der Waals surface area contributed by atoms with Crippen molar-refractivity contribution in [3.05, 3.63) is 6.92 Å². The average molecular weight is 91.1 g/mol. The van der Waals surface area contributed by atoms with Crippen LogP contribution in [0.1, 0.15) is 6.92 Å². The Bertz CT molecular complexity index is 7.51. The van der Waals surface area contributed by atoms with Crippen molar-refractivity contribution in [2.45, 2.75) is 6.92 Å². The van der Waals surface area contributed by atoms with Gasteiger partial charge in [0.15, 0.2) is 0 Å². The molecule has 0 spiro atoms. The molecule has 0 aliphatic heterocycles. The molecule has 0 heterocycles. The molecule has 0 fully saturated rings. The van der Waals surface area contributed by atoms with Gasteiger partial charge in [0, 0.05) is 13.2 Å². The molecule has 0 aliphatic rings. The molecule has 0 saturated heterocycles. The third-order valence-corrected chi connectivity index (χ3v) is 0. The molecule has 6 heavy (non-hydrogen) atoms. The van der Waals surface area contributed by atoms with Gasteiger partial charge in [0.2, 0.25) is 0 Å². The van der Waals surface area contributed by atoms with Gasteiger partial charge in [-0.15, -0.1) is 0 Å². The fourth-order valence-corrected chi connectivity index (χ4v) is 0. The standard InChI is InChI=1S/C2H6O.C2H5O/c2*1-2-3/h3H,2H2,1H3;3H,1-2H2. The molecule has 0 amide bonds. The summed E-state index contributed by atoms with van der Waals surface area (Å²) >= 11 is 0. The van der Waals surface area contributed by atoms with E-state index >= 15 is 0 Å². The Morgan fingerprint density at radius 2 is 1.50 bits per heavy atom. The highest BCUT2D eigenvalue weighted by Gasteiger charge is 1.35. The Kier molecular flexibility index (Phi) is 31.9. The van der Waals surface area contributed by atoms with Gasteiger partial charge in [0.1, 0.15) is 0 Å². The molecule has 0 aromatic carbocycles. The van der Waals surface area contributed by atoms with Crippen molar-refractivity contribution in [2.24, 2.45) is 0 Å². The zero-order valence-electron chi connectivity index (χ0n) is 4.02. The molecular weight excluding hydrogens is 80.0 g/mol. The Morgan fingerprint density at radius 3 is 1.50 bits per heavy atom. The molecule has 0 atom stereocenters. The summed E-state index contributed by atoms with van der Waals surface area (Å²) in [6, 6.07) is 0. The Balaban J connectivity index is 0. The Morgan fingerprint density at radius 1 is 1.50 bits per heavy atom. The van der Waals surface area contributed by atoms with Crippen molar-refractivity contribution in [1.82, 2.24) is 0 Å². The predicted octanol–water partition coefficient (Wildman–Crippen LogP) is -0.189. The second-order valence-corrected chi connectivity index (χ2v) is 0.540. The van der Waals surface area contributed by atoms with Crippen LogP contribution in [-0.4, -0.2) is 23.4 Å². The second kappa shape index (κ2) is 20.5. The van der Waals surface area contributed by atoms with Gasteiger partial charge in [-0.25, -0.2) is 0 Å². The fraction of sp³-hybridized carbons (Fsp3) is 0.750. The summed E-state index contributed by atoms with van der Waals surface area (Å²) in [6.07, 6.45) is 0. The topological polar surface area (TPSA) is 40.5 Å². The lowest BCUT2D eigenvalue weighted by atomic mass is 10.9. The van der Waals surface area contributed by atoms with Crippen molar-refractivity contribution in [2.75, 3.05) is 13.2 Å². The summed E-state index contributed by atoms with van der Waals surface area (Å²) in [6.45, 7) is 4.97. The summed E-state index contributed by atoms with van der Waals surface area (Å²) in [7, 11) is 0. The number of aliphatic hydroxyl groups is 2. The van der Waals surface area contributed by atoms with Gasteiger partial charge in [-0.05, 0) is 13.8 Å². The summed E-state index contributed by atoms with van der Waals surface area (Å²) in [5, 5.41) is 15.0. The van der Waals surface area contributed by atoms with Crippen LogP contribution >= 0.6 is 0 Å². The van der Waals surface area contributed by atoms with Crippen molar-refractivity contribution in [3.8, 4) is 0 Å². The molecular formula is C4H11O2. The molecule has 0 aromatic heterocycles. The molecule has 0 unspecified atom stereocenters. The SMILES string of the molecule is CCO.[CH2]CO. The van der Waals surface area contributed by atoms with Crippen LogP contribution < -0.4 is 0 Å². The van der Waals surface area contributed by atoms with E-state index in [9.17, 15) is 0 Å². The number of hydrogen-bond donors (Lipinski definition) is 2. The zero-order chi connectivity index (χ0) is 5.41. The molecule has 0 rings (SSSR count). The average Bonchev–Trinajstić information content (AvgIpc) is 1.39. The number of hydrogen-bond acceptors (Lipinski definition) is 2. The maximum absolute atomic E-state index is 7.57. The van der Waals surface area contributed by atoms with Gasteiger partial charge >= 0.3 is 0 Å². The van der Waals surface area contributed by atoms with E-state index in [0.29, 0.717) is 0 Å². The normalized spacial score (nSPS) is 6.00. The molecule has 2 N–H and O–H groups in total. The van der Waals surface area contributed by atoms with Crippen molar-refractivity contribution < 1.29 is 10.2 Å². The van der Waals surface area contributed by atoms with Crippen molar-refractivity contribution in [3.63, 3.8) is 0 Å². The van der Waals surface area contributed by atoms with Gasteiger partial charge in [-0.1, -0.05) is 0 Å². The van der Waals surface area contributed by atoms with Crippen LogP contribution in [0.5, 0.6) is 0 Å². The highest BCUT2D eigenvalue weighted by atomic mass is 16.3. The molecule has 0 bridgehead atoms. The maximum Gasteiger partial charge on any atom is 0.0431 e. The smallest absolute Gasteiger partial charge is 0.0431 e. The highest BCUT2D eigenvalue weighted by molar-refractivity contribution is 4.15. The first-order chi connectivity index (χ1) is 2.83. The lowest BCUT2D eigenvalue weighted by molar-refractivity contribution is 0.318. The van der Waals surface area contributed by atoms with E-state index in [1.165, 1.54) is 0 Å². The third-order valence-electron chi connectivity index (χ3n) is 0. The molecule has 0 aromatic rings. The maximum atomic E-state index is 7.57. The Labute approximate surface area is 38.4 Å². The van der Waals surface area contributed by atoms with Crippen LogP contribution in [0, 0.1) is 6.92 Å². The minimum Gasteiger partial charge on any atom is -0.397 e. The molecule has 0 aliphatic carbocycles. The van der Waals surface area contributed by atoms with Crippen molar-refractivity contribution in [1.29, 1.82) is 0 Å². The quantitative estimate of drug-likeness (QED) is 0.434. The monoisotopic (exact) mass is 91.1 g/mol. The summed E-state index contributed by atoms with van der Waals surface area (Å²) in [5.41, 5.74) is 0. The fourth-order valence-electron chi connectivity index (χ4n) is 0. The van der Waals surface area contributed by atoms with E-state index in [-0.39, 0.29) is 13.2 Å². The summed E-state index contributed by atoms with van der Waals surface area (Å²) < 4.78 is 0. The van der Waals surface area contributed by atoms with Crippen LogP contribution in [0.2, 0.25) is 0 Å². The van der Waals surface area contributed by atoms with E-state index in [4.69, 9.17) is 10.2 Å². The first kappa shape index (κ1) is 9.33. The second-order valence-electron chi connectivity index (χ2n) is 0.540. The molecule has 1 radical (unpaired) electrons. The van der Waals surface area contributed by atoms with E-state index in [1.54, 1.807) is 6.92 Å². The van der Waals surface area contributed by atoms with Crippen LogP contribution in [0.4, 0.5) is 0 Å². The third kappa shape index (κ3) is 5220. The number of rotatable bonds is 0. The first-order valence-corrected chi connectivity index (χ1v) is 1.84. The molecule has 39 valence electrons. The van der Waals surface area contributed by atoms with Gasteiger partial charge in [-0.2, -0.15) is 0 Å². The molecule has 2 nitrogen and oxygen atoms in total. The minimum atomic E-state index is 0. The Hall–Kier alpha value is -0.0800. The van der Waals surface area contributed by atoms with E-state index < -0.39 is 0 Å². The van der Waals surface area contributed by atoms with Crippen LogP contribution in [0.3, 0.4) is 0 Å². The van der Waals surface area contributed by atoms with E-state index in [2.05, 4.69) is 6.92 Å². The van der Waals surface area contributed by atoms with Gasteiger partial charge in [-0.3, -0.25) is 0 Å². The van der Waals surface area contributed by atoms with Crippen LogP contribution in [0.15, 0.2) is 0 Å². The summed E-state index contributed by atoms with van der Waals surface area (Å²) in [4.78, 5) is 0. The lowest BCUT2D eigenvalue weighted by Crippen LogP contribution is -1.58.